The zero-order valence-corrected chi connectivity index (χ0v) is 14.5. The molecule has 4 heteroatoms. The van der Waals surface area contributed by atoms with Gasteiger partial charge in [0.1, 0.15) is 12.4 Å². The summed E-state index contributed by atoms with van der Waals surface area (Å²) in [6.45, 7) is 8.42. The second-order valence-electron chi connectivity index (χ2n) is 7.01. The lowest BCUT2D eigenvalue weighted by Gasteiger charge is -2.21. The van der Waals surface area contributed by atoms with Crippen LogP contribution in [0.15, 0.2) is 48.7 Å². The fourth-order valence-corrected chi connectivity index (χ4v) is 2.63. The van der Waals surface area contributed by atoms with E-state index in [9.17, 15) is 4.79 Å². The Morgan fingerprint density at radius 2 is 1.88 bits per heavy atom. The van der Waals surface area contributed by atoms with Gasteiger partial charge in [-0.2, -0.15) is 5.10 Å². The molecule has 24 heavy (non-hydrogen) atoms. The van der Waals surface area contributed by atoms with Crippen LogP contribution in [0, 0.1) is 0 Å². The van der Waals surface area contributed by atoms with Crippen LogP contribution in [0.2, 0.25) is 0 Å². The molecule has 0 aliphatic carbocycles. The van der Waals surface area contributed by atoms with E-state index >= 15 is 0 Å². The maximum atomic E-state index is 11.8. The van der Waals surface area contributed by atoms with Crippen LogP contribution < -0.4 is 4.74 Å². The Morgan fingerprint density at radius 1 is 1.17 bits per heavy atom. The average molecular weight is 322 g/mol. The monoisotopic (exact) mass is 322 g/mol. The molecule has 3 rings (SSSR count). The molecular formula is C20H22N2O2. The second-order valence-corrected chi connectivity index (χ2v) is 7.01. The van der Waals surface area contributed by atoms with Gasteiger partial charge in [-0.05, 0) is 28.7 Å². The molecule has 2 aromatic carbocycles. The van der Waals surface area contributed by atoms with Crippen LogP contribution in [0.25, 0.3) is 10.9 Å². The highest BCUT2D eigenvalue weighted by Gasteiger charge is 2.19. The maximum Gasteiger partial charge on any atom is 0.244 e. The van der Waals surface area contributed by atoms with Crippen LogP contribution in [-0.4, -0.2) is 15.7 Å². The van der Waals surface area contributed by atoms with E-state index < -0.39 is 0 Å². The molecule has 124 valence electrons. The van der Waals surface area contributed by atoms with Crippen molar-refractivity contribution in [2.75, 3.05) is 0 Å². The van der Waals surface area contributed by atoms with Crippen molar-refractivity contribution in [1.82, 2.24) is 9.78 Å². The van der Waals surface area contributed by atoms with Crippen LogP contribution in [0.4, 0.5) is 0 Å². The van der Waals surface area contributed by atoms with E-state index in [1.165, 1.54) is 11.6 Å². The summed E-state index contributed by atoms with van der Waals surface area (Å²) in [4.78, 5) is 11.8. The summed E-state index contributed by atoms with van der Waals surface area (Å²) in [5.74, 6) is 0.652. The van der Waals surface area contributed by atoms with Gasteiger partial charge in [0, 0.05) is 6.92 Å². The minimum atomic E-state index is -0.106. The fraction of sp³-hybridized carbons (Fsp3) is 0.300. The van der Waals surface area contributed by atoms with Gasteiger partial charge in [-0.15, -0.1) is 0 Å². The molecule has 0 spiro atoms. The number of benzene rings is 2. The Morgan fingerprint density at radius 3 is 2.50 bits per heavy atom. The summed E-state index contributed by atoms with van der Waals surface area (Å²) >= 11 is 0. The highest BCUT2D eigenvalue weighted by atomic mass is 16.5. The van der Waals surface area contributed by atoms with Crippen molar-refractivity contribution in [1.29, 1.82) is 0 Å². The molecule has 0 aliphatic heterocycles. The van der Waals surface area contributed by atoms with Crippen LogP contribution >= 0.6 is 0 Å². The summed E-state index contributed by atoms with van der Waals surface area (Å²) < 4.78 is 7.50. The summed E-state index contributed by atoms with van der Waals surface area (Å²) in [7, 11) is 0. The third kappa shape index (κ3) is 3.18. The van der Waals surface area contributed by atoms with Gasteiger partial charge in [0.25, 0.3) is 0 Å². The Hall–Kier alpha value is -2.62. The number of nitrogens with zero attached hydrogens (tertiary/aromatic N) is 2. The van der Waals surface area contributed by atoms with Crippen LogP contribution in [0.3, 0.4) is 0 Å². The van der Waals surface area contributed by atoms with Gasteiger partial charge in [0.2, 0.25) is 5.91 Å². The average Bonchev–Trinajstić information content (AvgIpc) is 2.97. The SMILES string of the molecule is CC(=O)n1ncc2c(OCc3ccccc3)cc(C(C)(C)C)cc21. The second kappa shape index (κ2) is 6.11. The Balaban J connectivity index is 2.06. The van der Waals surface area contributed by atoms with Crippen molar-refractivity contribution in [2.24, 2.45) is 0 Å². The number of aromatic nitrogens is 2. The van der Waals surface area contributed by atoms with Gasteiger partial charge in [-0.25, -0.2) is 4.68 Å². The lowest BCUT2D eigenvalue weighted by Crippen LogP contribution is -2.13. The van der Waals surface area contributed by atoms with Crippen LogP contribution in [0.5, 0.6) is 5.75 Å². The topological polar surface area (TPSA) is 44.1 Å². The first-order valence-electron chi connectivity index (χ1n) is 8.06. The third-order valence-corrected chi connectivity index (χ3v) is 4.05. The minimum Gasteiger partial charge on any atom is -0.488 e. The first kappa shape index (κ1) is 16.2. The summed E-state index contributed by atoms with van der Waals surface area (Å²) in [5, 5.41) is 5.08. The van der Waals surface area contributed by atoms with E-state index in [2.05, 4.69) is 31.9 Å². The number of rotatable bonds is 3. The van der Waals surface area contributed by atoms with Gasteiger partial charge in [0.15, 0.2) is 0 Å². The van der Waals surface area contributed by atoms with Gasteiger partial charge in [0.05, 0.1) is 17.1 Å². The van der Waals surface area contributed by atoms with Gasteiger partial charge in [-0.3, -0.25) is 4.79 Å². The van der Waals surface area contributed by atoms with Crippen molar-refractivity contribution in [3.63, 3.8) is 0 Å². The minimum absolute atomic E-state index is 0.0507. The first-order chi connectivity index (χ1) is 11.4. The van der Waals surface area contributed by atoms with Crippen molar-refractivity contribution >= 4 is 16.8 Å². The van der Waals surface area contributed by atoms with Crippen molar-refractivity contribution < 1.29 is 9.53 Å². The van der Waals surface area contributed by atoms with Crippen molar-refractivity contribution in [2.45, 2.75) is 39.7 Å². The summed E-state index contributed by atoms with van der Waals surface area (Å²) in [6, 6.07) is 14.1. The molecule has 0 saturated heterocycles. The molecule has 0 saturated carbocycles. The Labute approximate surface area is 142 Å². The molecule has 1 aromatic heterocycles. The molecule has 3 aromatic rings. The van der Waals surface area contributed by atoms with E-state index in [0.29, 0.717) is 6.61 Å². The quantitative estimate of drug-likeness (QED) is 0.709. The highest BCUT2D eigenvalue weighted by Crippen LogP contribution is 2.33. The van der Waals surface area contributed by atoms with E-state index in [4.69, 9.17) is 4.74 Å². The van der Waals surface area contributed by atoms with Crippen LogP contribution in [-0.2, 0) is 12.0 Å². The Kier molecular flexibility index (Phi) is 4.14. The number of carbonyl (C=O) groups is 1. The number of fused-ring (bicyclic) bond motifs is 1. The zero-order chi connectivity index (χ0) is 17.3. The molecule has 4 nitrogen and oxygen atoms in total. The number of ether oxygens (including phenoxy) is 1. The van der Waals surface area contributed by atoms with E-state index in [1.54, 1.807) is 6.20 Å². The molecule has 0 amide bonds. The van der Waals surface area contributed by atoms with Crippen molar-refractivity contribution in [3.05, 3.63) is 59.8 Å². The largest absolute Gasteiger partial charge is 0.488 e. The van der Waals surface area contributed by atoms with Gasteiger partial charge < -0.3 is 4.74 Å². The van der Waals surface area contributed by atoms with Gasteiger partial charge in [-0.1, -0.05) is 51.1 Å². The maximum absolute atomic E-state index is 11.8. The Bertz CT molecular complexity index is 874. The fourth-order valence-electron chi connectivity index (χ4n) is 2.63. The zero-order valence-electron chi connectivity index (χ0n) is 14.5. The predicted molar refractivity (Wildman–Crippen MR) is 95.5 cm³/mol. The molecule has 0 N–H and O–H groups in total. The number of hydrogen-bond donors (Lipinski definition) is 0. The third-order valence-electron chi connectivity index (χ3n) is 4.05. The molecule has 0 atom stereocenters. The smallest absolute Gasteiger partial charge is 0.244 e. The number of carbonyl (C=O) groups excluding carboxylic acids is 1. The first-order valence-corrected chi connectivity index (χ1v) is 8.06. The molecule has 0 fully saturated rings. The predicted octanol–water partition coefficient (Wildman–Crippen LogP) is 4.57. The lowest BCUT2D eigenvalue weighted by molar-refractivity contribution is 0.0926. The summed E-state index contributed by atoms with van der Waals surface area (Å²) in [6.07, 6.45) is 1.70. The number of hydrogen-bond acceptors (Lipinski definition) is 3. The molecular weight excluding hydrogens is 300 g/mol. The van der Waals surface area contributed by atoms with Crippen LogP contribution in [0.1, 0.15) is 43.6 Å². The standard InChI is InChI=1S/C20H22N2O2/c1-14(23)22-18-10-16(20(2,3)4)11-19(17(18)12-21-22)24-13-15-8-6-5-7-9-15/h5-12H,13H2,1-4H3. The van der Waals surface area contributed by atoms with Gasteiger partial charge >= 0.3 is 0 Å². The molecule has 0 radical (unpaired) electrons. The molecule has 0 bridgehead atoms. The van der Waals surface area contributed by atoms with Crippen molar-refractivity contribution in [3.8, 4) is 5.75 Å². The molecule has 1 heterocycles. The molecule has 0 aliphatic rings. The normalized spacial score (nSPS) is 11.7. The summed E-state index contributed by atoms with van der Waals surface area (Å²) in [5.41, 5.74) is 2.95. The highest BCUT2D eigenvalue weighted by molar-refractivity contribution is 5.93. The van der Waals surface area contributed by atoms with E-state index in [1.807, 2.05) is 36.4 Å². The molecule has 0 unspecified atom stereocenters. The van der Waals surface area contributed by atoms with E-state index in [0.717, 1.165) is 27.8 Å². The lowest BCUT2D eigenvalue weighted by atomic mass is 9.86. The van der Waals surface area contributed by atoms with E-state index in [-0.39, 0.29) is 11.3 Å².